The first-order chi connectivity index (χ1) is 16.4. The number of carbonyl (C=O) groups excluding carboxylic acids is 1. The average molecular weight is 499 g/mol. The van der Waals surface area contributed by atoms with Crippen molar-refractivity contribution in [3.63, 3.8) is 0 Å². The molecule has 1 fully saturated rings. The molecular formula is C23H26N6O3S2. The molecule has 1 N–H and O–H groups in total. The van der Waals surface area contributed by atoms with Crippen molar-refractivity contribution in [2.45, 2.75) is 17.9 Å². The number of para-hydroxylation sites is 1. The fourth-order valence-electron chi connectivity index (χ4n) is 4.24. The van der Waals surface area contributed by atoms with Crippen molar-refractivity contribution in [2.75, 3.05) is 35.8 Å². The molecule has 0 aliphatic carbocycles. The fourth-order valence-corrected chi connectivity index (χ4v) is 5.93. The van der Waals surface area contributed by atoms with Gasteiger partial charge in [0.05, 0.1) is 4.90 Å². The summed E-state index contributed by atoms with van der Waals surface area (Å²) in [5.41, 5.74) is 3.44. The summed E-state index contributed by atoms with van der Waals surface area (Å²) in [7, 11) is -3.71. The normalized spacial score (nSPS) is 15.4. The van der Waals surface area contributed by atoms with Gasteiger partial charge in [-0.2, -0.15) is 0 Å². The highest BCUT2D eigenvalue weighted by Gasteiger charge is 2.26. The highest BCUT2D eigenvalue weighted by atomic mass is 32.2. The number of carbonyl (C=O) groups is 1. The van der Waals surface area contributed by atoms with Crippen LogP contribution in [0.1, 0.15) is 14.4 Å². The molecule has 0 saturated carbocycles. The second-order valence-electron chi connectivity index (χ2n) is 8.11. The van der Waals surface area contributed by atoms with Crippen LogP contribution in [0.3, 0.4) is 0 Å². The highest BCUT2D eigenvalue weighted by molar-refractivity contribution is 7.93. The van der Waals surface area contributed by atoms with Crippen LogP contribution in [0.2, 0.25) is 0 Å². The van der Waals surface area contributed by atoms with Crippen molar-refractivity contribution in [3.8, 4) is 0 Å². The molecule has 0 spiro atoms. The van der Waals surface area contributed by atoms with Crippen molar-refractivity contribution < 1.29 is 14.6 Å². The number of anilines is 2. The molecule has 1 amide bonds. The maximum atomic E-state index is 13.2. The van der Waals surface area contributed by atoms with E-state index in [9.17, 15) is 13.2 Å². The lowest BCUT2D eigenvalue weighted by Crippen LogP contribution is -2.50. The Kier molecular flexibility index (Phi) is 5.96. The summed E-state index contributed by atoms with van der Waals surface area (Å²) in [4.78, 5) is 17.4. The molecule has 1 saturated heterocycles. The summed E-state index contributed by atoms with van der Waals surface area (Å²) in [5, 5.41) is 8.71. The number of fused-ring (bicyclic) bond motifs is 1. The van der Waals surface area contributed by atoms with Gasteiger partial charge in [-0.05, 0) is 48.7 Å². The van der Waals surface area contributed by atoms with Crippen LogP contribution < -0.4 is 9.62 Å². The van der Waals surface area contributed by atoms with Gasteiger partial charge in [0.1, 0.15) is 11.6 Å². The van der Waals surface area contributed by atoms with Gasteiger partial charge in [0.2, 0.25) is 11.0 Å². The number of hydrogen-bond acceptors (Lipinski definition) is 7. The zero-order valence-electron chi connectivity index (χ0n) is 18.5. The van der Waals surface area contributed by atoms with Gasteiger partial charge >= 0.3 is 0 Å². The minimum absolute atomic E-state index is 0. The van der Waals surface area contributed by atoms with Crippen LogP contribution in [0.5, 0.6) is 0 Å². The molecule has 9 nitrogen and oxygen atoms in total. The third-order valence-electron chi connectivity index (χ3n) is 6.09. The molecule has 11 heteroatoms. The van der Waals surface area contributed by atoms with E-state index in [1.807, 2.05) is 52.9 Å². The Bertz CT molecular complexity index is 1400. The number of rotatable bonds is 6. The molecule has 0 bridgehead atoms. The van der Waals surface area contributed by atoms with Gasteiger partial charge < -0.3 is 14.4 Å². The van der Waals surface area contributed by atoms with Gasteiger partial charge in [-0.1, -0.05) is 29.5 Å². The van der Waals surface area contributed by atoms with Gasteiger partial charge in [-0.25, -0.2) is 8.42 Å². The SMILES string of the molecule is CC(C(=O)N1CCN(c2ccc(S(=O)(=O)Nc3nncs3)cc2)CC1)n1ccc2ccccc21.[HH]. The van der Waals surface area contributed by atoms with Gasteiger partial charge in [0.25, 0.3) is 10.0 Å². The van der Waals surface area contributed by atoms with Crippen molar-refractivity contribution in [3.05, 3.63) is 66.3 Å². The molecule has 1 aliphatic rings. The first-order valence-corrected chi connectivity index (χ1v) is 13.3. The Morgan fingerprint density at radius 1 is 1.06 bits per heavy atom. The number of amides is 1. The maximum Gasteiger partial charge on any atom is 0.263 e. The zero-order chi connectivity index (χ0) is 23.7. The summed E-state index contributed by atoms with van der Waals surface area (Å²) in [6.07, 6.45) is 1.97. The molecule has 3 heterocycles. The molecule has 2 aromatic carbocycles. The number of piperazine rings is 1. The van der Waals surface area contributed by atoms with Crippen LogP contribution in [0.15, 0.2) is 71.2 Å². The number of nitrogens with zero attached hydrogens (tertiary/aromatic N) is 5. The minimum atomic E-state index is -3.71. The second-order valence-corrected chi connectivity index (χ2v) is 10.6. The number of benzene rings is 2. The van der Waals surface area contributed by atoms with Crippen LogP contribution in [0, 0.1) is 0 Å². The Morgan fingerprint density at radius 3 is 2.50 bits per heavy atom. The van der Waals surface area contributed by atoms with Gasteiger partial charge in [-0.15, -0.1) is 10.2 Å². The van der Waals surface area contributed by atoms with E-state index < -0.39 is 10.0 Å². The standard InChI is InChI=1S/C23H24N6O3S2.H2/c1-17(29-11-10-18-4-2-3-5-21(18)29)22(30)28-14-12-27(13-15-28)19-6-8-20(9-7-19)34(31,32)26-23-25-24-16-33-23;/h2-11,16-17H,12-15H2,1H3,(H,25,26);1H. The largest absolute Gasteiger partial charge is 0.368 e. The average Bonchev–Trinajstić information content (AvgIpc) is 3.53. The lowest BCUT2D eigenvalue weighted by Gasteiger charge is -2.37. The van der Waals surface area contributed by atoms with E-state index >= 15 is 0 Å². The third-order valence-corrected chi connectivity index (χ3v) is 8.18. The first kappa shape index (κ1) is 22.4. The maximum absolute atomic E-state index is 13.2. The molecule has 5 rings (SSSR count). The summed E-state index contributed by atoms with van der Waals surface area (Å²) in [6, 6.07) is 16.6. The van der Waals surface area contributed by atoms with Crippen LogP contribution in [-0.4, -0.2) is 60.2 Å². The summed E-state index contributed by atoms with van der Waals surface area (Å²) in [5.74, 6) is 0.102. The van der Waals surface area contributed by atoms with Gasteiger partial charge in [0, 0.05) is 45.0 Å². The predicted molar refractivity (Wildman–Crippen MR) is 135 cm³/mol. The fraction of sp³-hybridized carbons (Fsp3) is 0.261. The minimum Gasteiger partial charge on any atom is -0.368 e. The van der Waals surface area contributed by atoms with Gasteiger partial charge in [0.15, 0.2) is 0 Å². The second kappa shape index (κ2) is 9.07. The summed E-state index contributed by atoms with van der Waals surface area (Å²) in [6.45, 7) is 4.53. The number of aromatic nitrogens is 3. The monoisotopic (exact) mass is 498 g/mol. The van der Waals surface area contributed by atoms with E-state index in [4.69, 9.17) is 0 Å². The van der Waals surface area contributed by atoms with Crippen molar-refractivity contribution in [2.24, 2.45) is 0 Å². The van der Waals surface area contributed by atoms with Crippen molar-refractivity contribution >= 4 is 49.0 Å². The molecule has 34 heavy (non-hydrogen) atoms. The zero-order valence-corrected chi connectivity index (χ0v) is 20.2. The smallest absolute Gasteiger partial charge is 0.263 e. The van der Waals surface area contributed by atoms with E-state index in [0.29, 0.717) is 26.2 Å². The molecule has 1 atom stereocenters. The lowest BCUT2D eigenvalue weighted by molar-refractivity contribution is -0.134. The molecule has 1 aliphatic heterocycles. The van der Waals surface area contributed by atoms with E-state index in [1.165, 1.54) is 5.51 Å². The van der Waals surface area contributed by atoms with E-state index in [2.05, 4.69) is 19.8 Å². The molecule has 0 radical (unpaired) electrons. The molecule has 2 aromatic heterocycles. The Hall–Kier alpha value is -3.44. The number of nitrogens with one attached hydrogen (secondary N) is 1. The quantitative estimate of drug-likeness (QED) is 0.437. The topological polar surface area (TPSA) is 100 Å². The van der Waals surface area contributed by atoms with Crippen molar-refractivity contribution in [1.82, 2.24) is 19.7 Å². The van der Waals surface area contributed by atoms with E-state index in [-0.39, 0.29) is 23.4 Å². The lowest BCUT2D eigenvalue weighted by atomic mass is 10.2. The Morgan fingerprint density at radius 2 is 1.79 bits per heavy atom. The molecule has 4 aromatic rings. The summed E-state index contributed by atoms with van der Waals surface area (Å²) >= 11 is 1.12. The highest BCUT2D eigenvalue weighted by Crippen LogP contribution is 2.24. The molecular weight excluding hydrogens is 472 g/mol. The van der Waals surface area contributed by atoms with Crippen LogP contribution in [0.25, 0.3) is 10.9 Å². The van der Waals surface area contributed by atoms with Gasteiger partial charge in [-0.3, -0.25) is 9.52 Å². The Labute approximate surface area is 203 Å². The van der Waals surface area contributed by atoms with E-state index in [1.54, 1.807) is 24.3 Å². The predicted octanol–water partition coefficient (Wildman–Crippen LogP) is 3.45. The molecule has 178 valence electrons. The first-order valence-electron chi connectivity index (χ1n) is 10.9. The van der Waals surface area contributed by atoms with Crippen LogP contribution >= 0.6 is 11.3 Å². The summed E-state index contributed by atoms with van der Waals surface area (Å²) < 4.78 is 29.5. The molecule has 1 unspecified atom stereocenters. The number of hydrogen-bond donors (Lipinski definition) is 1. The van der Waals surface area contributed by atoms with Crippen molar-refractivity contribution in [1.29, 1.82) is 0 Å². The third kappa shape index (κ3) is 4.36. The van der Waals surface area contributed by atoms with Crippen LogP contribution in [-0.2, 0) is 14.8 Å². The Balaban J connectivity index is 0.00000289. The van der Waals surface area contributed by atoms with Crippen LogP contribution in [0.4, 0.5) is 10.8 Å². The van der Waals surface area contributed by atoms with E-state index in [0.717, 1.165) is 27.9 Å². The number of sulfonamides is 1.